The molecule has 1 radical (unpaired) electrons. The van der Waals surface area contributed by atoms with Crippen molar-refractivity contribution in [1.29, 1.82) is 0 Å². The van der Waals surface area contributed by atoms with E-state index in [0.29, 0.717) is 6.61 Å². The lowest BCUT2D eigenvalue weighted by Gasteiger charge is -2.06. The van der Waals surface area contributed by atoms with Crippen LogP contribution in [-0.2, 0) is 0 Å². The summed E-state index contributed by atoms with van der Waals surface area (Å²) in [7, 11) is 0. The van der Waals surface area contributed by atoms with Crippen LogP contribution in [0.25, 0.3) is 0 Å². The number of benzene rings is 1. The van der Waals surface area contributed by atoms with Gasteiger partial charge in [-0.05, 0) is 25.3 Å². The van der Waals surface area contributed by atoms with E-state index in [2.05, 4.69) is 6.92 Å². The summed E-state index contributed by atoms with van der Waals surface area (Å²) < 4.78 is 5.30. The van der Waals surface area contributed by atoms with E-state index in [1.54, 1.807) is 11.8 Å². The smallest absolute Gasteiger partial charge is 0.132 e. The molecule has 0 bridgehead atoms. The molecule has 1 aromatic carbocycles. The Kier molecular flexibility index (Phi) is 3.30. The second-order valence-electron chi connectivity index (χ2n) is 2.00. The van der Waals surface area contributed by atoms with Gasteiger partial charge in [-0.1, -0.05) is 12.1 Å². The molecule has 0 saturated carbocycles. The van der Waals surface area contributed by atoms with E-state index in [-0.39, 0.29) is 0 Å². The average Bonchev–Trinajstić information content (AvgIpc) is 2.06. The van der Waals surface area contributed by atoms with Crippen LogP contribution >= 0.6 is 11.8 Å². The lowest BCUT2D eigenvalue weighted by atomic mass is 10.3. The van der Waals surface area contributed by atoms with Gasteiger partial charge < -0.3 is 4.74 Å². The molecule has 0 aliphatic heterocycles. The summed E-state index contributed by atoms with van der Waals surface area (Å²) in [4.78, 5) is 1.16. The van der Waals surface area contributed by atoms with Gasteiger partial charge in [0.1, 0.15) is 5.75 Å². The van der Waals surface area contributed by atoms with Crippen molar-refractivity contribution in [1.82, 2.24) is 0 Å². The summed E-state index contributed by atoms with van der Waals surface area (Å²) in [5, 5.41) is 0. The first-order valence-corrected chi connectivity index (χ1v) is 4.66. The Morgan fingerprint density at radius 2 is 2.18 bits per heavy atom. The van der Waals surface area contributed by atoms with Gasteiger partial charge in [-0.2, -0.15) is 0 Å². The maximum absolute atomic E-state index is 5.30. The molecule has 0 heterocycles. The monoisotopic (exact) mass is 167 g/mol. The Balaban J connectivity index is 2.83. The lowest BCUT2D eigenvalue weighted by Crippen LogP contribution is -1.92. The van der Waals surface area contributed by atoms with Crippen LogP contribution in [-0.4, -0.2) is 12.9 Å². The van der Waals surface area contributed by atoms with Crippen LogP contribution in [0.1, 0.15) is 0 Å². The molecular formula is C9H11OS. The molecular weight excluding hydrogens is 156 g/mol. The first-order valence-electron chi connectivity index (χ1n) is 3.43. The molecule has 0 amide bonds. The summed E-state index contributed by atoms with van der Waals surface area (Å²) in [6.07, 6.45) is 2.03. The van der Waals surface area contributed by atoms with Gasteiger partial charge in [0.05, 0.1) is 6.61 Å². The Morgan fingerprint density at radius 1 is 1.45 bits per heavy atom. The third kappa shape index (κ3) is 2.15. The molecule has 0 saturated heterocycles. The summed E-state index contributed by atoms with van der Waals surface area (Å²) in [5.74, 6) is 0.926. The second-order valence-corrected chi connectivity index (χ2v) is 2.85. The molecule has 1 nitrogen and oxygen atoms in total. The zero-order valence-corrected chi connectivity index (χ0v) is 7.36. The van der Waals surface area contributed by atoms with Gasteiger partial charge in [0.25, 0.3) is 0 Å². The van der Waals surface area contributed by atoms with Crippen LogP contribution in [0.4, 0.5) is 0 Å². The average molecular weight is 167 g/mol. The molecule has 0 fully saturated rings. The molecule has 0 spiro atoms. The van der Waals surface area contributed by atoms with Crippen LogP contribution < -0.4 is 4.74 Å². The molecule has 2 heteroatoms. The minimum atomic E-state index is 0.484. The Hall–Kier alpha value is -0.630. The van der Waals surface area contributed by atoms with Crippen LogP contribution in [0.2, 0.25) is 0 Å². The van der Waals surface area contributed by atoms with E-state index in [4.69, 9.17) is 4.74 Å². The molecule has 0 aromatic heterocycles. The first-order chi connectivity index (χ1) is 5.38. The number of hydrogen-bond acceptors (Lipinski definition) is 2. The van der Waals surface area contributed by atoms with Crippen molar-refractivity contribution in [2.45, 2.75) is 4.90 Å². The highest BCUT2D eigenvalue weighted by Crippen LogP contribution is 2.26. The summed E-state index contributed by atoms with van der Waals surface area (Å²) >= 11 is 1.68. The van der Waals surface area contributed by atoms with Gasteiger partial charge in [0.2, 0.25) is 0 Å². The molecule has 11 heavy (non-hydrogen) atoms. The van der Waals surface area contributed by atoms with Gasteiger partial charge in [-0.3, -0.25) is 0 Å². The van der Waals surface area contributed by atoms with Gasteiger partial charge in [-0.25, -0.2) is 0 Å². The fraction of sp³-hybridized carbons (Fsp3) is 0.222. The first kappa shape index (κ1) is 8.47. The lowest BCUT2D eigenvalue weighted by molar-refractivity contribution is 0.352. The Morgan fingerprint density at radius 3 is 2.82 bits per heavy atom. The number of ether oxygens (including phenoxy) is 1. The molecule has 0 atom stereocenters. The van der Waals surface area contributed by atoms with Crippen molar-refractivity contribution in [2.75, 3.05) is 12.9 Å². The highest BCUT2D eigenvalue weighted by atomic mass is 32.2. The number of rotatable bonds is 3. The molecule has 0 aliphatic carbocycles. The van der Waals surface area contributed by atoms with E-state index >= 15 is 0 Å². The predicted octanol–water partition coefficient (Wildman–Crippen LogP) is 2.62. The molecule has 59 valence electrons. The van der Waals surface area contributed by atoms with E-state index in [0.717, 1.165) is 10.6 Å². The highest BCUT2D eigenvalue weighted by Gasteiger charge is 1.98. The van der Waals surface area contributed by atoms with Gasteiger partial charge in [0.15, 0.2) is 0 Å². The van der Waals surface area contributed by atoms with Crippen LogP contribution in [0, 0.1) is 6.92 Å². The quantitative estimate of drug-likeness (QED) is 0.640. The maximum atomic E-state index is 5.30. The van der Waals surface area contributed by atoms with E-state index in [9.17, 15) is 0 Å². The highest BCUT2D eigenvalue weighted by molar-refractivity contribution is 7.98. The van der Waals surface area contributed by atoms with Crippen LogP contribution in [0.15, 0.2) is 29.2 Å². The predicted molar refractivity (Wildman–Crippen MR) is 49.1 cm³/mol. The molecule has 0 unspecified atom stereocenters. The maximum Gasteiger partial charge on any atom is 0.132 e. The number of hydrogen-bond donors (Lipinski definition) is 0. The Labute approximate surface area is 71.8 Å². The minimum absolute atomic E-state index is 0.484. The second kappa shape index (κ2) is 4.29. The van der Waals surface area contributed by atoms with Crippen molar-refractivity contribution in [3.8, 4) is 5.75 Å². The fourth-order valence-electron chi connectivity index (χ4n) is 0.848. The molecule has 1 rings (SSSR count). The molecule has 0 N–H and O–H groups in total. The van der Waals surface area contributed by atoms with E-state index in [1.807, 2.05) is 30.5 Å². The molecule has 0 aliphatic rings. The standard InChI is InChI=1S/C9H11OS/c1-3-10-8-6-4-5-7-9(8)11-2/h4-7H,1,3H2,2H3. The number of thioether (sulfide) groups is 1. The van der Waals surface area contributed by atoms with E-state index in [1.165, 1.54) is 0 Å². The fourth-order valence-corrected chi connectivity index (χ4v) is 1.39. The third-order valence-corrected chi connectivity index (χ3v) is 2.10. The topological polar surface area (TPSA) is 9.23 Å². The zero-order chi connectivity index (χ0) is 8.10. The van der Waals surface area contributed by atoms with Crippen molar-refractivity contribution in [3.63, 3.8) is 0 Å². The van der Waals surface area contributed by atoms with Crippen LogP contribution in [0.3, 0.4) is 0 Å². The van der Waals surface area contributed by atoms with E-state index < -0.39 is 0 Å². The van der Waals surface area contributed by atoms with Crippen molar-refractivity contribution in [2.24, 2.45) is 0 Å². The summed E-state index contributed by atoms with van der Waals surface area (Å²) in [6, 6.07) is 7.96. The van der Waals surface area contributed by atoms with Gasteiger partial charge in [0, 0.05) is 4.90 Å². The van der Waals surface area contributed by atoms with Gasteiger partial charge in [-0.15, -0.1) is 11.8 Å². The largest absolute Gasteiger partial charge is 0.492 e. The third-order valence-electron chi connectivity index (χ3n) is 1.33. The SMILES string of the molecule is [CH2]COc1ccccc1SC. The minimum Gasteiger partial charge on any atom is -0.492 e. The van der Waals surface area contributed by atoms with Crippen LogP contribution in [0.5, 0.6) is 5.75 Å². The zero-order valence-electron chi connectivity index (χ0n) is 6.54. The summed E-state index contributed by atoms with van der Waals surface area (Å²) in [6.45, 7) is 4.11. The van der Waals surface area contributed by atoms with Crippen molar-refractivity contribution in [3.05, 3.63) is 31.2 Å². The summed E-state index contributed by atoms with van der Waals surface area (Å²) in [5.41, 5.74) is 0. The number of para-hydroxylation sites is 1. The normalized spacial score (nSPS) is 9.64. The van der Waals surface area contributed by atoms with Crippen molar-refractivity contribution < 1.29 is 4.74 Å². The van der Waals surface area contributed by atoms with Gasteiger partial charge >= 0.3 is 0 Å². The van der Waals surface area contributed by atoms with Crippen molar-refractivity contribution >= 4 is 11.8 Å². The Bertz CT molecular complexity index is 223. The molecule has 1 aromatic rings.